The number of Topliss-reactive ketones (excluding diaryl/α,β-unsaturated/α-hetero) is 1. The summed E-state index contributed by atoms with van der Waals surface area (Å²) >= 11 is 0. The Morgan fingerprint density at radius 2 is 1.76 bits per heavy atom. The zero-order chi connectivity index (χ0) is 23.7. The van der Waals surface area contributed by atoms with E-state index in [-0.39, 0.29) is 22.7 Å². The maximum Gasteiger partial charge on any atom is 0.301 e. The van der Waals surface area contributed by atoms with Crippen LogP contribution in [0.5, 0.6) is 17.2 Å². The number of aryl methyl sites for hydroxylation is 1. The number of rotatable bonds is 6. The van der Waals surface area contributed by atoms with Crippen LogP contribution in [0.4, 0.5) is 5.82 Å². The Balaban J connectivity index is 1.94. The number of benzene rings is 2. The van der Waals surface area contributed by atoms with Crippen molar-refractivity contribution in [1.82, 2.24) is 5.16 Å². The highest BCUT2D eigenvalue weighted by Gasteiger charge is 2.48. The van der Waals surface area contributed by atoms with E-state index in [1.165, 1.54) is 32.3 Å². The van der Waals surface area contributed by atoms with E-state index < -0.39 is 17.7 Å². The molecule has 0 spiro atoms. The predicted molar refractivity (Wildman–Crippen MR) is 119 cm³/mol. The van der Waals surface area contributed by atoms with Gasteiger partial charge in [-0.15, -0.1) is 0 Å². The molecule has 2 aromatic carbocycles. The van der Waals surface area contributed by atoms with Gasteiger partial charge in [-0.3, -0.25) is 14.5 Å². The van der Waals surface area contributed by atoms with Crippen LogP contribution in [-0.4, -0.2) is 43.3 Å². The number of aliphatic hydroxyl groups is 1. The van der Waals surface area contributed by atoms with E-state index in [0.29, 0.717) is 28.6 Å². The first-order valence-corrected chi connectivity index (χ1v) is 10.00. The van der Waals surface area contributed by atoms with Crippen molar-refractivity contribution in [2.24, 2.45) is 0 Å². The molecule has 3 aromatic rings. The lowest BCUT2D eigenvalue weighted by molar-refractivity contribution is -0.132. The average molecular weight is 450 g/mol. The molecule has 2 heterocycles. The van der Waals surface area contributed by atoms with E-state index in [2.05, 4.69) is 5.16 Å². The minimum atomic E-state index is -0.960. The van der Waals surface area contributed by atoms with Crippen molar-refractivity contribution in [3.8, 4) is 17.2 Å². The molecular weight excluding hydrogens is 428 g/mol. The largest absolute Gasteiger partial charge is 0.507 e. The summed E-state index contributed by atoms with van der Waals surface area (Å²) in [6.07, 6.45) is 0. The lowest BCUT2D eigenvalue weighted by Gasteiger charge is -2.23. The SMILES string of the molecule is COc1cccc([C@@H]2/C(=C(\O)c3ccc(OC)c(OC)c3)C(=O)C(=O)N2c2cc(C)on2)c1. The molecule has 1 N–H and O–H groups in total. The van der Waals surface area contributed by atoms with Crippen molar-refractivity contribution in [2.75, 3.05) is 26.2 Å². The smallest absolute Gasteiger partial charge is 0.301 e. The Morgan fingerprint density at radius 1 is 1.00 bits per heavy atom. The number of ketones is 1. The standard InChI is InChI=1S/C24H22N2O7/c1-13-10-19(25-33-13)26-21(14-6-5-7-16(11-14)30-2)20(23(28)24(26)29)22(27)15-8-9-17(31-3)18(12-15)32-4/h5-12,21,27H,1-4H3/b22-20+/t21-/m1/s1. The van der Waals surface area contributed by atoms with Gasteiger partial charge < -0.3 is 23.8 Å². The van der Waals surface area contributed by atoms with Gasteiger partial charge in [0.05, 0.1) is 32.9 Å². The van der Waals surface area contributed by atoms with Gasteiger partial charge in [0.2, 0.25) is 0 Å². The molecule has 0 unspecified atom stereocenters. The highest BCUT2D eigenvalue weighted by atomic mass is 16.5. The molecule has 0 saturated carbocycles. The number of carbonyl (C=O) groups is 2. The molecule has 0 radical (unpaired) electrons. The van der Waals surface area contributed by atoms with E-state index in [1.807, 2.05) is 0 Å². The zero-order valence-electron chi connectivity index (χ0n) is 18.5. The number of aliphatic hydroxyl groups excluding tert-OH is 1. The third-order valence-corrected chi connectivity index (χ3v) is 5.37. The molecule has 170 valence electrons. The fourth-order valence-corrected chi connectivity index (χ4v) is 3.80. The van der Waals surface area contributed by atoms with Crippen molar-refractivity contribution in [2.45, 2.75) is 13.0 Å². The number of hydrogen-bond acceptors (Lipinski definition) is 8. The number of aromatic nitrogens is 1. The van der Waals surface area contributed by atoms with Crippen LogP contribution in [-0.2, 0) is 9.59 Å². The second-order valence-corrected chi connectivity index (χ2v) is 7.31. The summed E-state index contributed by atoms with van der Waals surface area (Å²) in [6, 6.07) is 12.2. The first-order valence-electron chi connectivity index (χ1n) is 10.00. The minimum absolute atomic E-state index is 0.0962. The van der Waals surface area contributed by atoms with Crippen LogP contribution in [0.15, 0.2) is 58.6 Å². The average Bonchev–Trinajstić information content (AvgIpc) is 3.38. The maximum atomic E-state index is 13.2. The number of hydrogen-bond donors (Lipinski definition) is 1. The first kappa shape index (κ1) is 21.9. The fourth-order valence-electron chi connectivity index (χ4n) is 3.80. The molecular formula is C24H22N2O7. The molecule has 9 nitrogen and oxygen atoms in total. The van der Waals surface area contributed by atoms with Crippen molar-refractivity contribution in [1.29, 1.82) is 0 Å². The van der Waals surface area contributed by atoms with E-state index in [1.54, 1.807) is 49.4 Å². The molecule has 9 heteroatoms. The van der Waals surface area contributed by atoms with Gasteiger partial charge in [0.15, 0.2) is 17.3 Å². The summed E-state index contributed by atoms with van der Waals surface area (Å²) < 4.78 is 21.0. The Kier molecular flexibility index (Phi) is 5.78. The second kappa shape index (κ2) is 8.70. The van der Waals surface area contributed by atoms with Crippen molar-refractivity contribution >= 4 is 23.3 Å². The van der Waals surface area contributed by atoms with Gasteiger partial charge in [0.25, 0.3) is 5.78 Å². The quantitative estimate of drug-likeness (QED) is 0.344. The normalized spacial score (nSPS) is 17.3. The Labute approximate surface area is 189 Å². The Hall–Kier alpha value is -4.27. The highest BCUT2D eigenvalue weighted by molar-refractivity contribution is 6.51. The van der Waals surface area contributed by atoms with E-state index in [0.717, 1.165) is 0 Å². The van der Waals surface area contributed by atoms with Gasteiger partial charge in [0, 0.05) is 11.6 Å². The number of anilines is 1. The third-order valence-electron chi connectivity index (χ3n) is 5.37. The summed E-state index contributed by atoms with van der Waals surface area (Å²) in [6.45, 7) is 1.68. The van der Waals surface area contributed by atoms with Gasteiger partial charge in [-0.2, -0.15) is 0 Å². The van der Waals surface area contributed by atoms with Crippen LogP contribution in [0.1, 0.15) is 22.9 Å². The Morgan fingerprint density at radius 3 is 2.39 bits per heavy atom. The predicted octanol–water partition coefficient (Wildman–Crippen LogP) is 3.64. The van der Waals surface area contributed by atoms with Gasteiger partial charge in [0.1, 0.15) is 17.3 Å². The second-order valence-electron chi connectivity index (χ2n) is 7.31. The lowest BCUT2D eigenvalue weighted by atomic mass is 9.95. The zero-order valence-corrected chi connectivity index (χ0v) is 18.5. The van der Waals surface area contributed by atoms with Crippen LogP contribution in [0.25, 0.3) is 5.76 Å². The van der Waals surface area contributed by atoms with Crippen LogP contribution < -0.4 is 19.1 Å². The fraction of sp³-hybridized carbons (Fsp3) is 0.208. The molecule has 1 atom stereocenters. The number of ether oxygens (including phenoxy) is 3. The topological polar surface area (TPSA) is 111 Å². The molecule has 1 aromatic heterocycles. The van der Waals surface area contributed by atoms with Crippen LogP contribution in [0, 0.1) is 6.92 Å². The van der Waals surface area contributed by atoms with Gasteiger partial charge in [-0.25, -0.2) is 0 Å². The Bertz CT molecular complexity index is 1260. The number of amides is 1. The summed E-state index contributed by atoms with van der Waals surface area (Å²) in [5.74, 6) is -0.0676. The van der Waals surface area contributed by atoms with Gasteiger partial charge >= 0.3 is 5.91 Å². The van der Waals surface area contributed by atoms with Crippen LogP contribution >= 0.6 is 0 Å². The number of carbonyl (C=O) groups excluding carboxylic acids is 2. The lowest BCUT2D eigenvalue weighted by Crippen LogP contribution is -2.29. The summed E-state index contributed by atoms with van der Waals surface area (Å²) in [5, 5.41) is 15.2. The molecule has 0 bridgehead atoms. The van der Waals surface area contributed by atoms with Gasteiger partial charge in [-0.1, -0.05) is 17.3 Å². The monoisotopic (exact) mass is 450 g/mol. The van der Waals surface area contributed by atoms with Crippen molar-refractivity contribution in [3.05, 3.63) is 71.0 Å². The van der Waals surface area contributed by atoms with E-state index >= 15 is 0 Å². The molecule has 1 aliphatic rings. The molecule has 1 fully saturated rings. The summed E-state index contributed by atoms with van der Waals surface area (Å²) in [7, 11) is 4.47. The van der Waals surface area contributed by atoms with Crippen LogP contribution in [0.2, 0.25) is 0 Å². The van der Waals surface area contributed by atoms with Crippen molar-refractivity contribution in [3.63, 3.8) is 0 Å². The van der Waals surface area contributed by atoms with Crippen LogP contribution in [0.3, 0.4) is 0 Å². The molecule has 1 saturated heterocycles. The molecule has 33 heavy (non-hydrogen) atoms. The third kappa shape index (κ3) is 3.78. The minimum Gasteiger partial charge on any atom is -0.507 e. The van der Waals surface area contributed by atoms with E-state index in [4.69, 9.17) is 18.7 Å². The van der Waals surface area contributed by atoms with Crippen molar-refractivity contribution < 1.29 is 33.4 Å². The number of nitrogens with zero attached hydrogens (tertiary/aromatic N) is 2. The first-order chi connectivity index (χ1) is 15.9. The number of methoxy groups -OCH3 is 3. The van der Waals surface area contributed by atoms with E-state index in [9.17, 15) is 14.7 Å². The summed E-state index contributed by atoms with van der Waals surface area (Å²) in [5.41, 5.74) is 0.743. The summed E-state index contributed by atoms with van der Waals surface area (Å²) in [4.78, 5) is 27.5. The highest BCUT2D eigenvalue weighted by Crippen LogP contribution is 2.43. The molecule has 1 amide bonds. The van der Waals surface area contributed by atoms with Gasteiger partial charge in [-0.05, 0) is 42.8 Å². The molecule has 4 rings (SSSR count). The molecule has 0 aliphatic carbocycles. The molecule has 1 aliphatic heterocycles. The maximum absolute atomic E-state index is 13.2.